The van der Waals surface area contributed by atoms with Gasteiger partial charge in [0, 0.05) is 6.04 Å². The number of rotatable bonds is 1. The zero-order valence-corrected chi connectivity index (χ0v) is 6.94. The monoisotopic (exact) mass is 137 g/mol. The molecule has 0 fully saturated rings. The maximum absolute atomic E-state index is 3.23. The summed E-state index contributed by atoms with van der Waals surface area (Å²) in [7, 11) is 2.00. The molecule has 1 nitrogen and oxygen atoms in total. The second-order valence-electron chi connectivity index (χ2n) is 2.92. The van der Waals surface area contributed by atoms with Gasteiger partial charge in [-0.15, -0.1) is 0 Å². The number of hydrogen-bond donors (Lipinski definition) is 1. The molecule has 0 bridgehead atoms. The Bertz CT molecular complexity index is 177. The summed E-state index contributed by atoms with van der Waals surface area (Å²) in [6, 6.07) is 0.559. The fraction of sp³-hybridized carbons (Fsp3) is 0.556. The highest BCUT2D eigenvalue weighted by Gasteiger charge is 2.07. The molecule has 0 spiro atoms. The van der Waals surface area contributed by atoms with Crippen LogP contribution in [0.3, 0.4) is 0 Å². The lowest BCUT2D eigenvalue weighted by Gasteiger charge is -2.17. The summed E-state index contributed by atoms with van der Waals surface area (Å²) in [5.41, 5.74) is 2.92. The minimum absolute atomic E-state index is 0.559. The minimum Gasteiger partial charge on any atom is -0.313 e. The Labute approximate surface area is 62.8 Å². The summed E-state index contributed by atoms with van der Waals surface area (Å²) in [6.45, 7) is 4.36. The first-order valence-corrected chi connectivity index (χ1v) is 3.76. The van der Waals surface area contributed by atoms with Crippen LogP contribution in [0.15, 0.2) is 23.3 Å². The standard InChI is InChI=1S/C9H15N/c1-7-4-5-9(10-3)6-8(7)2/h4-5,9-10H,6H2,1-3H3. The fourth-order valence-corrected chi connectivity index (χ4v) is 1.16. The van der Waals surface area contributed by atoms with Gasteiger partial charge >= 0.3 is 0 Å². The largest absolute Gasteiger partial charge is 0.313 e. The Balaban J connectivity index is 2.65. The van der Waals surface area contributed by atoms with Crippen molar-refractivity contribution < 1.29 is 0 Å². The molecule has 1 unspecified atom stereocenters. The summed E-state index contributed by atoms with van der Waals surface area (Å²) in [4.78, 5) is 0. The topological polar surface area (TPSA) is 12.0 Å². The van der Waals surface area contributed by atoms with Crippen molar-refractivity contribution in [3.8, 4) is 0 Å². The van der Waals surface area contributed by atoms with Gasteiger partial charge in [0.05, 0.1) is 0 Å². The van der Waals surface area contributed by atoms with E-state index in [2.05, 4.69) is 31.3 Å². The highest BCUT2D eigenvalue weighted by Crippen LogP contribution is 2.17. The van der Waals surface area contributed by atoms with Crippen molar-refractivity contribution in [2.45, 2.75) is 26.3 Å². The molecular formula is C9H15N. The van der Waals surface area contributed by atoms with Gasteiger partial charge in [-0.25, -0.2) is 0 Å². The van der Waals surface area contributed by atoms with Crippen LogP contribution in [0.1, 0.15) is 20.3 Å². The quantitative estimate of drug-likeness (QED) is 0.581. The third-order valence-electron chi connectivity index (χ3n) is 2.15. The molecule has 10 heavy (non-hydrogen) atoms. The normalized spacial score (nSPS) is 25.7. The summed E-state index contributed by atoms with van der Waals surface area (Å²) < 4.78 is 0. The summed E-state index contributed by atoms with van der Waals surface area (Å²) in [6.07, 6.45) is 5.58. The molecule has 1 heteroatoms. The molecule has 1 rings (SSSR count). The first-order chi connectivity index (χ1) is 4.74. The predicted molar refractivity (Wildman–Crippen MR) is 45.0 cm³/mol. The van der Waals surface area contributed by atoms with Crippen molar-refractivity contribution in [3.05, 3.63) is 23.3 Å². The van der Waals surface area contributed by atoms with E-state index in [1.54, 1.807) is 0 Å². The van der Waals surface area contributed by atoms with E-state index in [-0.39, 0.29) is 0 Å². The van der Waals surface area contributed by atoms with Gasteiger partial charge in [-0.1, -0.05) is 23.3 Å². The number of nitrogens with one attached hydrogen (secondary N) is 1. The zero-order chi connectivity index (χ0) is 7.56. The van der Waals surface area contributed by atoms with E-state index in [0.717, 1.165) is 0 Å². The molecule has 0 aromatic carbocycles. The van der Waals surface area contributed by atoms with E-state index in [9.17, 15) is 0 Å². The highest BCUT2D eigenvalue weighted by molar-refractivity contribution is 5.29. The van der Waals surface area contributed by atoms with Gasteiger partial charge < -0.3 is 5.32 Å². The van der Waals surface area contributed by atoms with Crippen LogP contribution in [-0.4, -0.2) is 13.1 Å². The maximum Gasteiger partial charge on any atom is 0.0287 e. The Morgan fingerprint density at radius 3 is 2.70 bits per heavy atom. The van der Waals surface area contributed by atoms with Gasteiger partial charge in [0.25, 0.3) is 0 Å². The highest BCUT2D eigenvalue weighted by atomic mass is 14.9. The maximum atomic E-state index is 3.23. The van der Waals surface area contributed by atoms with Crippen LogP contribution in [0.4, 0.5) is 0 Å². The average Bonchev–Trinajstić information content (AvgIpc) is 1.95. The number of likely N-dealkylation sites (N-methyl/N-ethyl adjacent to an activating group) is 1. The molecule has 1 atom stereocenters. The third kappa shape index (κ3) is 1.48. The van der Waals surface area contributed by atoms with Gasteiger partial charge in [-0.3, -0.25) is 0 Å². The molecule has 0 saturated carbocycles. The Morgan fingerprint density at radius 1 is 1.50 bits per heavy atom. The molecule has 1 aliphatic carbocycles. The van der Waals surface area contributed by atoms with Gasteiger partial charge in [-0.05, 0) is 27.3 Å². The van der Waals surface area contributed by atoms with Crippen molar-refractivity contribution in [1.82, 2.24) is 5.32 Å². The molecule has 0 aromatic heterocycles. The zero-order valence-electron chi connectivity index (χ0n) is 6.94. The van der Waals surface area contributed by atoms with E-state index in [1.807, 2.05) is 7.05 Å². The van der Waals surface area contributed by atoms with Gasteiger partial charge in [0.15, 0.2) is 0 Å². The lowest BCUT2D eigenvalue weighted by molar-refractivity contribution is 0.650. The Morgan fingerprint density at radius 2 is 2.20 bits per heavy atom. The van der Waals surface area contributed by atoms with Crippen LogP contribution in [-0.2, 0) is 0 Å². The summed E-state index contributed by atoms with van der Waals surface area (Å²) in [5.74, 6) is 0. The van der Waals surface area contributed by atoms with E-state index in [1.165, 1.54) is 17.6 Å². The smallest absolute Gasteiger partial charge is 0.0287 e. The summed E-state index contributed by atoms with van der Waals surface area (Å²) in [5, 5.41) is 3.23. The van der Waals surface area contributed by atoms with Gasteiger partial charge in [0.1, 0.15) is 0 Å². The average molecular weight is 137 g/mol. The minimum atomic E-state index is 0.559. The van der Waals surface area contributed by atoms with Crippen LogP contribution in [0.2, 0.25) is 0 Å². The van der Waals surface area contributed by atoms with Crippen molar-refractivity contribution >= 4 is 0 Å². The van der Waals surface area contributed by atoms with Crippen molar-refractivity contribution in [2.75, 3.05) is 7.05 Å². The molecule has 1 N–H and O–H groups in total. The van der Waals surface area contributed by atoms with Gasteiger partial charge in [0.2, 0.25) is 0 Å². The van der Waals surface area contributed by atoms with Crippen LogP contribution in [0.5, 0.6) is 0 Å². The SMILES string of the molecule is CNC1C=CC(C)=C(C)C1. The van der Waals surface area contributed by atoms with E-state index >= 15 is 0 Å². The summed E-state index contributed by atoms with van der Waals surface area (Å²) >= 11 is 0. The van der Waals surface area contributed by atoms with Crippen LogP contribution >= 0.6 is 0 Å². The Hall–Kier alpha value is -0.560. The van der Waals surface area contributed by atoms with Crippen molar-refractivity contribution in [1.29, 1.82) is 0 Å². The first-order valence-electron chi connectivity index (χ1n) is 3.76. The van der Waals surface area contributed by atoms with E-state index in [4.69, 9.17) is 0 Å². The molecule has 0 heterocycles. The van der Waals surface area contributed by atoms with E-state index < -0.39 is 0 Å². The van der Waals surface area contributed by atoms with Gasteiger partial charge in [-0.2, -0.15) is 0 Å². The predicted octanol–water partition coefficient (Wildman–Crippen LogP) is 1.87. The third-order valence-corrected chi connectivity index (χ3v) is 2.15. The van der Waals surface area contributed by atoms with E-state index in [0.29, 0.717) is 6.04 Å². The second kappa shape index (κ2) is 3.02. The molecular weight excluding hydrogens is 122 g/mol. The first kappa shape index (κ1) is 7.55. The second-order valence-corrected chi connectivity index (χ2v) is 2.92. The lowest BCUT2D eigenvalue weighted by Crippen LogP contribution is -2.24. The fourth-order valence-electron chi connectivity index (χ4n) is 1.16. The lowest BCUT2D eigenvalue weighted by atomic mass is 9.97. The van der Waals surface area contributed by atoms with Crippen molar-refractivity contribution in [2.24, 2.45) is 0 Å². The molecule has 56 valence electrons. The Kier molecular flexibility index (Phi) is 2.28. The molecule has 0 radical (unpaired) electrons. The van der Waals surface area contributed by atoms with Crippen LogP contribution < -0.4 is 5.32 Å². The number of hydrogen-bond acceptors (Lipinski definition) is 1. The molecule has 0 aliphatic heterocycles. The number of allylic oxidation sites excluding steroid dienone is 2. The molecule has 0 saturated heterocycles. The molecule has 1 aliphatic rings. The molecule has 0 amide bonds. The van der Waals surface area contributed by atoms with Crippen molar-refractivity contribution in [3.63, 3.8) is 0 Å². The molecule has 0 aromatic rings. The van der Waals surface area contributed by atoms with Crippen LogP contribution in [0.25, 0.3) is 0 Å². The van der Waals surface area contributed by atoms with Crippen LogP contribution in [0, 0.1) is 0 Å².